The van der Waals surface area contributed by atoms with Gasteiger partial charge in [0, 0.05) is 32.2 Å². The van der Waals surface area contributed by atoms with Gasteiger partial charge < -0.3 is 15.7 Å². The number of likely N-dealkylation sites (tertiary alicyclic amines) is 1. The van der Waals surface area contributed by atoms with Crippen LogP contribution in [-0.2, 0) is 20.8 Å². The Bertz CT molecular complexity index is 740. The Morgan fingerprint density at radius 1 is 1.03 bits per heavy atom. The maximum Gasteiger partial charge on any atom is 0.339 e. The Morgan fingerprint density at radius 2 is 1.67 bits per heavy atom. The van der Waals surface area contributed by atoms with Gasteiger partial charge in [0.1, 0.15) is 6.04 Å². The quantitative estimate of drug-likeness (QED) is 0.589. The number of carbonyl (C=O) groups is 3. The molecule has 1 aromatic carbocycles. The summed E-state index contributed by atoms with van der Waals surface area (Å²) in [5.74, 6) is -1.07. The van der Waals surface area contributed by atoms with E-state index in [0.717, 1.165) is 44.1 Å². The van der Waals surface area contributed by atoms with Gasteiger partial charge in [-0.3, -0.25) is 9.59 Å². The van der Waals surface area contributed by atoms with Crippen LogP contribution in [0.3, 0.4) is 0 Å². The first-order valence-electron chi connectivity index (χ1n) is 11.1. The van der Waals surface area contributed by atoms with Crippen LogP contribution in [0.4, 0.5) is 0 Å². The van der Waals surface area contributed by atoms with Crippen LogP contribution in [0.1, 0.15) is 57.4 Å². The van der Waals surface area contributed by atoms with Crippen LogP contribution in [0.15, 0.2) is 30.3 Å². The van der Waals surface area contributed by atoms with Gasteiger partial charge >= 0.3 is 11.8 Å². The van der Waals surface area contributed by atoms with Crippen molar-refractivity contribution in [3.63, 3.8) is 0 Å². The molecule has 2 unspecified atom stereocenters. The number of carbonyl (C=O) groups excluding carboxylic acids is 3. The molecule has 0 aromatic heterocycles. The summed E-state index contributed by atoms with van der Waals surface area (Å²) in [5, 5.41) is 16.8. The van der Waals surface area contributed by atoms with Crippen molar-refractivity contribution in [2.45, 2.75) is 76.6 Å². The minimum atomic E-state index is -1.45. The van der Waals surface area contributed by atoms with E-state index in [1.54, 1.807) is 0 Å². The van der Waals surface area contributed by atoms with Crippen molar-refractivity contribution in [2.75, 3.05) is 13.1 Å². The zero-order valence-corrected chi connectivity index (χ0v) is 17.8. The van der Waals surface area contributed by atoms with Gasteiger partial charge in [0.2, 0.25) is 5.91 Å². The molecule has 2 fully saturated rings. The molecule has 0 spiro atoms. The summed E-state index contributed by atoms with van der Waals surface area (Å²) in [6, 6.07) is 8.75. The normalized spacial score (nSPS) is 20.9. The van der Waals surface area contributed by atoms with Crippen LogP contribution in [0, 0.1) is 0 Å². The maximum absolute atomic E-state index is 13.7. The van der Waals surface area contributed by atoms with Crippen molar-refractivity contribution in [3.8, 4) is 0 Å². The molecule has 7 nitrogen and oxygen atoms in total. The third kappa shape index (κ3) is 5.26. The Hall–Kier alpha value is -2.25. The molecular weight excluding hydrogens is 382 g/mol. The van der Waals surface area contributed by atoms with Crippen LogP contribution >= 0.6 is 0 Å². The highest BCUT2D eigenvalue weighted by molar-refractivity contribution is 5.86. The van der Waals surface area contributed by atoms with Gasteiger partial charge in [-0.15, -0.1) is 0 Å². The lowest BCUT2D eigenvalue weighted by molar-refractivity contribution is -0.881. The van der Waals surface area contributed by atoms with Crippen molar-refractivity contribution < 1.29 is 24.0 Å². The van der Waals surface area contributed by atoms with Crippen molar-refractivity contribution in [1.29, 1.82) is 0 Å². The van der Waals surface area contributed by atoms with E-state index in [9.17, 15) is 19.5 Å². The van der Waals surface area contributed by atoms with Crippen LogP contribution < -0.4 is 10.6 Å². The molecule has 1 saturated heterocycles. The Morgan fingerprint density at radius 3 is 2.27 bits per heavy atom. The molecule has 164 valence electrons. The van der Waals surface area contributed by atoms with Gasteiger partial charge in [-0.1, -0.05) is 49.6 Å². The summed E-state index contributed by atoms with van der Waals surface area (Å²) < 4.78 is -0.309. The molecule has 7 heteroatoms. The second-order valence-corrected chi connectivity index (χ2v) is 8.69. The Labute approximate surface area is 178 Å². The number of nitrogens with one attached hydrogen (secondary N) is 2. The number of amides is 3. The SMILES string of the molecule is CC(=O)NC(Cc1ccccc1)C(=O)[N+]1(C(O)C(=O)NC2CCCCC2)CCCC1. The molecule has 0 radical (unpaired) electrons. The van der Waals surface area contributed by atoms with Crippen molar-refractivity contribution >= 4 is 17.7 Å². The maximum atomic E-state index is 13.7. The first kappa shape index (κ1) is 22.4. The fourth-order valence-corrected chi connectivity index (χ4v) is 4.84. The molecule has 1 aromatic rings. The zero-order chi connectivity index (χ0) is 21.6. The van der Waals surface area contributed by atoms with E-state index in [4.69, 9.17) is 0 Å². The minimum Gasteiger partial charge on any atom is -0.346 e. The van der Waals surface area contributed by atoms with E-state index < -0.39 is 18.2 Å². The van der Waals surface area contributed by atoms with Crippen LogP contribution in [-0.4, -0.2) is 58.7 Å². The Balaban J connectivity index is 1.79. The van der Waals surface area contributed by atoms with Gasteiger partial charge in [0.15, 0.2) is 0 Å². The highest BCUT2D eigenvalue weighted by Crippen LogP contribution is 2.26. The van der Waals surface area contributed by atoms with Crippen molar-refractivity contribution in [1.82, 2.24) is 10.6 Å². The number of rotatable bonds is 7. The van der Waals surface area contributed by atoms with Crippen LogP contribution in [0.2, 0.25) is 0 Å². The summed E-state index contributed by atoms with van der Waals surface area (Å²) in [6.07, 6.45) is 5.54. The van der Waals surface area contributed by atoms with Crippen LogP contribution in [0.25, 0.3) is 0 Å². The summed E-state index contributed by atoms with van der Waals surface area (Å²) in [7, 11) is 0. The molecule has 1 aliphatic carbocycles. The molecule has 2 aliphatic rings. The number of aliphatic hydroxyl groups excluding tert-OH is 1. The third-order valence-corrected chi connectivity index (χ3v) is 6.42. The van der Waals surface area contributed by atoms with E-state index in [1.807, 2.05) is 30.3 Å². The molecule has 3 amide bonds. The fraction of sp³-hybridized carbons (Fsp3) is 0.609. The van der Waals surface area contributed by atoms with E-state index >= 15 is 0 Å². The summed E-state index contributed by atoms with van der Waals surface area (Å²) in [6.45, 7) is 2.19. The second kappa shape index (κ2) is 10.2. The molecule has 0 bridgehead atoms. The number of hydrogen-bond acceptors (Lipinski definition) is 4. The molecule has 2 atom stereocenters. The van der Waals surface area contributed by atoms with E-state index in [-0.39, 0.29) is 22.3 Å². The monoisotopic (exact) mass is 416 g/mol. The van der Waals surface area contributed by atoms with Gasteiger partial charge in [-0.25, -0.2) is 9.28 Å². The van der Waals surface area contributed by atoms with Crippen LogP contribution in [0.5, 0.6) is 0 Å². The molecular formula is C23H34N3O4+. The highest BCUT2D eigenvalue weighted by Gasteiger charge is 2.52. The zero-order valence-electron chi connectivity index (χ0n) is 17.8. The number of benzene rings is 1. The summed E-state index contributed by atoms with van der Waals surface area (Å²) >= 11 is 0. The molecule has 1 heterocycles. The van der Waals surface area contributed by atoms with Gasteiger partial charge in [-0.05, 0) is 18.4 Å². The molecule has 3 rings (SSSR count). The van der Waals surface area contributed by atoms with Crippen molar-refractivity contribution in [3.05, 3.63) is 35.9 Å². The van der Waals surface area contributed by atoms with E-state index in [1.165, 1.54) is 13.3 Å². The number of nitrogens with zero attached hydrogens (tertiary/aromatic N) is 1. The largest absolute Gasteiger partial charge is 0.346 e. The highest BCUT2D eigenvalue weighted by atomic mass is 16.3. The average Bonchev–Trinajstić information content (AvgIpc) is 3.24. The predicted octanol–water partition coefficient (Wildman–Crippen LogP) is 1.64. The molecule has 3 N–H and O–H groups in total. The van der Waals surface area contributed by atoms with E-state index in [0.29, 0.717) is 19.5 Å². The number of hydrogen-bond donors (Lipinski definition) is 3. The predicted molar refractivity (Wildman–Crippen MR) is 113 cm³/mol. The first-order valence-corrected chi connectivity index (χ1v) is 11.1. The standard InChI is InChI=1S/C23H33N3O4/c1-17(27)24-20(16-18-10-4-2-5-11-18)22(29)26(14-8-9-15-26)23(30)21(28)25-19-12-6-3-7-13-19/h2,4-5,10-11,19-20,23,30H,3,6-9,12-16H2,1H3,(H-,24,25,27,28)/p+1. The smallest absolute Gasteiger partial charge is 0.339 e. The third-order valence-electron chi connectivity index (χ3n) is 6.42. The summed E-state index contributed by atoms with van der Waals surface area (Å²) in [4.78, 5) is 38.4. The lowest BCUT2D eigenvalue weighted by Gasteiger charge is -2.38. The fourth-order valence-electron chi connectivity index (χ4n) is 4.84. The molecule has 1 aliphatic heterocycles. The van der Waals surface area contributed by atoms with Gasteiger partial charge in [0.05, 0.1) is 13.1 Å². The molecule has 1 saturated carbocycles. The molecule has 30 heavy (non-hydrogen) atoms. The first-order chi connectivity index (χ1) is 14.4. The lowest BCUT2D eigenvalue weighted by atomic mass is 9.95. The Kier molecular flexibility index (Phi) is 7.61. The lowest BCUT2D eigenvalue weighted by Crippen LogP contribution is -2.67. The topological polar surface area (TPSA) is 95.5 Å². The number of aliphatic hydroxyl groups is 1. The average molecular weight is 417 g/mol. The van der Waals surface area contributed by atoms with Crippen molar-refractivity contribution in [2.24, 2.45) is 0 Å². The number of quaternary nitrogens is 1. The minimum absolute atomic E-state index is 0.0640. The summed E-state index contributed by atoms with van der Waals surface area (Å²) in [5.41, 5.74) is 0.920. The van der Waals surface area contributed by atoms with E-state index in [2.05, 4.69) is 10.6 Å². The second-order valence-electron chi connectivity index (χ2n) is 8.69. The van der Waals surface area contributed by atoms with Gasteiger partial charge in [-0.2, -0.15) is 0 Å². The van der Waals surface area contributed by atoms with Gasteiger partial charge in [0.25, 0.3) is 6.23 Å².